The Morgan fingerprint density at radius 1 is 1.53 bits per heavy atom. The quantitative estimate of drug-likeness (QED) is 0.825. The van der Waals surface area contributed by atoms with Crippen molar-refractivity contribution in [2.75, 3.05) is 25.0 Å². The lowest BCUT2D eigenvalue weighted by molar-refractivity contribution is 0.429. The Balaban J connectivity index is 2.24. The van der Waals surface area contributed by atoms with Crippen molar-refractivity contribution in [3.05, 3.63) is 28.8 Å². The predicted octanol–water partition coefficient (Wildman–Crippen LogP) is 1.62. The largest absolute Gasteiger partial charge is 0.368 e. The molecular weight excluding hydrogens is 210 g/mol. The zero-order valence-electron chi connectivity index (χ0n) is 8.50. The van der Waals surface area contributed by atoms with Crippen LogP contribution >= 0.6 is 11.6 Å². The SMILES string of the molecule is CN(c1ccc(C#N)cc1Cl)C1CNC1. The second-order valence-electron chi connectivity index (χ2n) is 3.70. The van der Waals surface area contributed by atoms with E-state index in [1.165, 1.54) is 0 Å². The summed E-state index contributed by atoms with van der Waals surface area (Å²) in [6, 6.07) is 7.99. The highest BCUT2D eigenvalue weighted by Gasteiger charge is 2.22. The third kappa shape index (κ3) is 1.92. The third-order valence-electron chi connectivity index (χ3n) is 2.76. The molecular formula is C11H12ClN3. The van der Waals surface area contributed by atoms with Crippen LogP contribution in [0.5, 0.6) is 0 Å². The van der Waals surface area contributed by atoms with Gasteiger partial charge < -0.3 is 10.2 Å². The van der Waals surface area contributed by atoms with E-state index in [1.807, 2.05) is 13.1 Å². The van der Waals surface area contributed by atoms with Crippen LogP contribution in [0.1, 0.15) is 5.56 Å². The molecule has 0 bridgehead atoms. The fraction of sp³-hybridized carbons (Fsp3) is 0.364. The topological polar surface area (TPSA) is 39.1 Å². The first-order valence-corrected chi connectivity index (χ1v) is 5.23. The monoisotopic (exact) mass is 221 g/mol. The maximum atomic E-state index is 8.73. The lowest BCUT2D eigenvalue weighted by Crippen LogP contribution is -2.56. The van der Waals surface area contributed by atoms with Crippen molar-refractivity contribution in [3.63, 3.8) is 0 Å². The summed E-state index contributed by atoms with van der Waals surface area (Å²) in [6.45, 7) is 1.99. The van der Waals surface area contributed by atoms with E-state index in [2.05, 4.69) is 16.3 Å². The van der Waals surface area contributed by atoms with E-state index in [4.69, 9.17) is 16.9 Å². The molecule has 0 unspecified atom stereocenters. The third-order valence-corrected chi connectivity index (χ3v) is 3.07. The number of likely N-dealkylation sites (N-methyl/N-ethyl adjacent to an activating group) is 1. The molecule has 2 rings (SSSR count). The van der Waals surface area contributed by atoms with Gasteiger partial charge in [-0.2, -0.15) is 5.26 Å². The Kier molecular flexibility index (Phi) is 2.81. The van der Waals surface area contributed by atoms with Crippen molar-refractivity contribution >= 4 is 17.3 Å². The molecule has 1 N–H and O–H groups in total. The fourth-order valence-corrected chi connectivity index (χ4v) is 1.92. The van der Waals surface area contributed by atoms with E-state index in [0.717, 1.165) is 18.8 Å². The smallest absolute Gasteiger partial charge is 0.0992 e. The fourth-order valence-electron chi connectivity index (χ4n) is 1.61. The van der Waals surface area contributed by atoms with Gasteiger partial charge in [-0.15, -0.1) is 0 Å². The van der Waals surface area contributed by atoms with Crippen LogP contribution in [0.15, 0.2) is 18.2 Å². The molecule has 1 aliphatic heterocycles. The molecule has 0 atom stereocenters. The molecule has 0 aromatic heterocycles. The van der Waals surface area contributed by atoms with Gasteiger partial charge in [-0.1, -0.05) is 11.6 Å². The summed E-state index contributed by atoms with van der Waals surface area (Å²) < 4.78 is 0. The molecule has 0 aliphatic carbocycles. The van der Waals surface area contributed by atoms with E-state index in [0.29, 0.717) is 16.6 Å². The van der Waals surface area contributed by atoms with Gasteiger partial charge in [0.2, 0.25) is 0 Å². The van der Waals surface area contributed by atoms with E-state index in [-0.39, 0.29) is 0 Å². The lowest BCUT2D eigenvalue weighted by atomic mass is 10.1. The highest BCUT2D eigenvalue weighted by Crippen LogP contribution is 2.27. The minimum Gasteiger partial charge on any atom is -0.368 e. The van der Waals surface area contributed by atoms with Crippen LogP contribution in [-0.4, -0.2) is 26.2 Å². The average Bonchev–Trinajstić information content (AvgIpc) is 2.14. The molecule has 4 heteroatoms. The van der Waals surface area contributed by atoms with Crippen molar-refractivity contribution in [1.29, 1.82) is 5.26 Å². The second kappa shape index (κ2) is 4.09. The number of hydrogen-bond donors (Lipinski definition) is 1. The molecule has 0 spiro atoms. The van der Waals surface area contributed by atoms with Crippen LogP contribution in [0.3, 0.4) is 0 Å². The van der Waals surface area contributed by atoms with Crippen molar-refractivity contribution in [2.24, 2.45) is 0 Å². The summed E-state index contributed by atoms with van der Waals surface area (Å²) in [5, 5.41) is 12.6. The highest BCUT2D eigenvalue weighted by molar-refractivity contribution is 6.33. The molecule has 1 aromatic rings. The summed E-state index contributed by atoms with van der Waals surface area (Å²) in [5.41, 5.74) is 1.59. The van der Waals surface area contributed by atoms with Crippen molar-refractivity contribution < 1.29 is 0 Å². The maximum absolute atomic E-state index is 8.73. The molecule has 3 nitrogen and oxygen atoms in total. The van der Waals surface area contributed by atoms with Crippen LogP contribution in [0, 0.1) is 11.3 Å². The molecule has 78 valence electrons. The van der Waals surface area contributed by atoms with Gasteiger partial charge in [0.25, 0.3) is 0 Å². The summed E-state index contributed by atoms with van der Waals surface area (Å²) in [7, 11) is 2.03. The number of hydrogen-bond acceptors (Lipinski definition) is 3. The van der Waals surface area contributed by atoms with Gasteiger partial charge in [-0.25, -0.2) is 0 Å². The number of nitriles is 1. The zero-order chi connectivity index (χ0) is 10.8. The molecule has 1 aromatic carbocycles. The summed E-state index contributed by atoms with van der Waals surface area (Å²) >= 11 is 6.11. The number of halogens is 1. The first kappa shape index (κ1) is 10.3. The zero-order valence-corrected chi connectivity index (χ0v) is 9.25. The molecule has 0 radical (unpaired) electrons. The number of rotatable bonds is 2. The molecule has 1 aliphatic rings. The minimum atomic E-state index is 0.510. The number of anilines is 1. The molecule has 1 heterocycles. The average molecular weight is 222 g/mol. The van der Waals surface area contributed by atoms with Gasteiger partial charge in [-0.3, -0.25) is 0 Å². The Morgan fingerprint density at radius 3 is 2.73 bits per heavy atom. The number of nitrogens with one attached hydrogen (secondary N) is 1. The number of benzene rings is 1. The Bertz CT molecular complexity index is 407. The second-order valence-corrected chi connectivity index (χ2v) is 4.11. The first-order chi connectivity index (χ1) is 7.22. The Labute approximate surface area is 94.3 Å². The molecule has 0 amide bonds. The van der Waals surface area contributed by atoms with Crippen molar-refractivity contribution in [3.8, 4) is 6.07 Å². The van der Waals surface area contributed by atoms with Crippen LogP contribution in [0.4, 0.5) is 5.69 Å². The van der Waals surface area contributed by atoms with Gasteiger partial charge in [0.1, 0.15) is 0 Å². The Morgan fingerprint density at radius 2 is 2.27 bits per heavy atom. The first-order valence-electron chi connectivity index (χ1n) is 4.85. The van der Waals surface area contributed by atoms with Gasteiger partial charge >= 0.3 is 0 Å². The van der Waals surface area contributed by atoms with Gasteiger partial charge in [-0.05, 0) is 18.2 Å². The normalized spacial score (nSPS) is 15.5. The van der Waals surface area contributed by atoms with Crippen molar-refractivity contribution in [1.82, 2.24) is 5.32 Å². The molecule has 1 saturated heterocycles. The predicted molar refractivity (Wildman–Crippen MR) is 61.2 cm³/mol. The highest BCUT2D eigenvalue weighted by atomic mass is 35.5. The van der Waals surface area contributed by atoms with Gasteiger partial charge in [0, 0.05) is 20.1 Å². The van der Waals surface area contributed by atoms with Gasteiger partial charge in [0.15, 0.2) is 0 Å². The van der Waals surface area contributed by atoms with Crippen molar-refractivity contribution in [2.45, 2.75) is 6.04 Å². The van der Waals surface area contributed by atoms with E-state index in [1.54, 1.807) is 12.1 Å². The van der Waals surface area contributed by atoms with Crippen LogP contribution in [0.25, 0.3) is 0 Å². The molecule has 1 fully saturated rings. The van der Waals surface area contributed by atoms with E-state index < -0.39 is 0 Å². The van der Waals surface area contributed by atoms with Gasteiger partial charge in [0.05, 0.1) is 28.4 Å². The minimum absolute atomic E-state index is 0.510. The lowest BCUT2D eigenvalue weighted by Gasteiger charge is -2.37. The maximum Gasteiger partial charge on any atom is 0.0992 e. The number of nitrogens with zero attached hydrogens (tertiary/aromatic N) is 2. The summed E-state index contributed by atoms with van der Waals surface area (Å²) in [4.78, 5) is 2.15. The summed E-state index contributed by atoms with van der Waals surface area (Å²) in [6.07, 6.45) is 0. The van der Waals surface area contributed by atoms with Crippen LogP contribution < -0.4 is 10.2 Å². The molecule has 0 saturated carbocycles. The van der Waals surface area contributed by atoms with E-state index in [9.17, 15) is 0 Å². The van der Waals surface area contributed by atoms with E-state index >= 15 is 0 Å². The standard InChI is InChI=1S/C11H12ClN3/c1-15(9-6-14-7-9)11-3-2-8(5-13)4-10(11)12/h2-4,9,14H,6-7H2,1H3. The van der Waals surface area contributed by atoms with Crippen LogP contribution in [-0.2, 0) is 0 Å². The molecule has 15 heavy (non-hydrogen) atoms. The van der Waals surface area contributed by atoms with Crippen LogP contribution in [0.2, 0.25) is 5.02 Å². The Hall–Kier alpha value is -1.24. The summed E-state index contributed by atoms with van der Waals surface area (Å²) in [5.74, 6) is 0.